The molecule has 0 spiro atoms. The Labute approximate surface area is 174 Å². The molecule has 0 aliphatic carbocycles. The summed E-state index contributed by atoms with van der Waals surface area (Å²) in [6.07, 6.45) is 3.15. The van der Waals surface area contributed by atoms with Crippen LogP contribution in [-0.2, 0) is 13.0 Å². The fraction of sp³-hybridized carbons (Fsp3) is 0.429. The Bertz CT molecular complexity index is 1020. The van der Waals surface area contributed by atoms with Crippen molar-refractivity contribution < 1.29 is 4.79 Å². The van der Waals surface area contributed by atoms with Gasteiger partial charge in [0.2, 0.25) is 5.13 Å². The maximum absolute atomic E-state index is 12.7. The van der Waals surface area contributed by atoms with Crippen LogP contribution >= 0.6 is 11.3 Å². The van der Waals surface area contributed by atoms with Gasteiger partial charge in [-0.25, -0.2) is 0 Å². The molecule has 8 heteroatoms. The molecule has 7 nitrogen and oxygen atoms in total. The van der Waals surface area contributed by atoms with Crippen LogP contribution in [-0.4, -0.2) is 39.0 Å². The second kappa shape index (κ2) is 8.32. The normalized spacial score (nSPS) is 13.8. The smallest absolute Gasteiger partial charge is 0.257 e. The Balaban J connectivity index is 1.40. The van der Waals surface area contributed by atoms with Crippen molar-refractivity contribution in [2.45, 2.75) is 46.6 Å². The van der Waals surface area contributed by atoms with Crippen LogP contribution in [0.2, 0.25) is 0 Å². The first-order chi connectivity index (χ1) is 14.0. The third-order valence-electron chi connectivity index (χ3n) is 5.25. The highest BCUT2D eigenvalue weighted by Crippen LogP contribution is 2.26. The largest absolute Gasteiger partial charge is 0.371 e. The molecule has 0 unspecified atom stereocenters. The number of benzene rings is 1. The minimum atomic E-state index is -0.147. The predicted octanol–water partition coefficient (Wildman–Crippen LogP) is 3.76. The first kappa shape index (κ1) is 19.6. The monoisotopic (exact) mass is 410 g/mol. The van der Waals surface area contributed by atoms with Gasteiger partial charge in [-0.05, 0) is 57.4 Å². The molecule has 1 aromatic carbocycles. The summed E-state index contributed by atoms with van der Waals surface area (Å²) in [5, 5.41) is 17.1. The standard InChI is InChI=1S/C21H26N6OS/c1-14-6-7-17(13-18(14)26-9-4-5-10-26)20(28)22-21-24-23-19(29-21)8-11-27-16(3)12-15(2)25-27/h6-7,12-13H,4-5,8-11H2,1-3H3,(H,22,24,28). The molecule has 0 radical (unpaired) electrons. The van der Waals surface area contributed by atoms with E-state index >= 15 is 0 Å². The Morgan fingerprint density at radius 2 is 1.93 bits per heavy atom. The van der Waals surface area contributed by atoms with E-state index in [-0.39, 0.29) is 5.91 Å². The number of aryl methyl sites for hydroxylation is 5. The number of rotatable bonds is 6. The Kier molecular flexibility index (Phi) is 5.62. The molecule has 1 fully saturated rings. The van der Waals surface area contributed by atoms with Gasteiger partial charge < -0.3 is 4.90 Å². The predicted molar refractivity (Wildman–Crippen MR) is 116 cm³/mol. The lowest BCUT2D eigenvalue weighted by atomic mass is 10.1. The van der Waals surface area contributed by atoms with Crippen LogP contribution in [0.25, 0.3) is 0 Å². The molecule has 29 heavy (non-hydrogen) atoms. The molecule has 152 valence electrons. The quantitative estimate of drug-likeness (QED) is 0.670. The number of amides is 1. The maximum atomic E-state index is 12.7. The second-order valence-electron chi connectivity index (χ2n) is 7.55. The zero-order valence-electron chi connectivity index (χ0n) is 17.1. The van der Waals surface area contributed by atoms with Gasteiger partial charge in [-0.15, -0.1) is 10.2 Å². The van der Waals surface area contributed by atoms with E-state index in [4.69, 9.17) is 0 Å². The molecule has 3 heterocycles. The first-order valence-corrected chi connectivity index (χ1v) is 10.8. The van der Waals surface area contributed by atoms with Crippen molar-refractivity contribution in [1.29, 1.82) is 0 Å². The van der Waals surface area contributed by atoms with Crippen LogP contribution in [0.4, 0.5) is 10.8 Å². The summed E-state index contributed by atoms with van der Waals surface area (Å²) in [6, 6.07) is 7.93. The van der Waals surface area contributed by atoms with Crippen LogP contribution in [0.3, 0.4) is 0 Å². The third-order valence-corrected chi connectivity index (χ3v) is 6.14. The fourth-order valence-electron chi connectivity index (χ4n) is 3.73. The van der Waals surface area contributed by atoms with E-state index in [1.54, 1.807) is 0 Å². The van der Waals surface area contributed by atoms with Crippen LogP contribution in [0.1, 0.15) is 45.2 Å². The Hall–Kier alpha value is -2.74. The minimum Gasteiger partial charge on any atom is -0.371 e. The lowest BCUT2D eigenvalue weighted by Gasteiger charge is -2.20. The second-order valence-corrected chi connectivity index (χ2v) is 8.61. The summed E-state index contributed by atoms with van der Waals surface area (Å²) in [4.78, 5) is 15.1. The van der Waals surface area contributed by atoms with Crippen LogP contribution in [0.15, 0.2) is 24.3 Å². The Morgan fingerprint density at radius 3 is 2.66 bits per heavy atom. The Morgan fingerprint density at radius 1 is 1.14 bits per heavy atom. The zero-order valence-corrected chi connectivity index (χ0v) is 17.9. The average Bonchev–Trinajstić information content (AvgIpc) is 3.42. The molecule has 1 saturated heterocycles. The topological polar surface area (TPSA) is 75.9 Å². The summed E-state index contributed by atoms with van der Waals surface area (Å²) in [6.45, 7) is 8.99. The van der Waals surface area contributed by atoms with Crippen molar-refractivity contribution in [3.8, 4) is 0 Å². The van der Waals surface area contributed by atoms with Crippen molar-refractivity contribution >= 4 is 28.1 Å². The SMILES string of the molecule is Cc1cc(C)n(CCc2nnc(NC(=O)c3ccc(C)c(N4CCCC4)c3)s2)n1. The van der Waals surface area contributed by atoms with Crippen molar-refractivity contribution in [2.24, 2.45) is 0 Å². The van der Waals surface area contributed by atoms with Crippen LogP contribution in [0, 0.1) is 20.8 Å². The molecule has 0 atom stereocenters. The summed E-state index contributed by atoms with van der Waals surface area (Å²) in [5.74, 6) is -0.147. The maximum Gasteiger partial charge on any atom is 0.257 e. The van der Waals surface area contributed by atoms with Gasteiger partial charge >= 0.3 is 0 Å². The highest BCUT2D eigenvalue weighted by molar-refractivity contribution is 7.15. The van der Waals surface area contributed by atoms with Gasteiger partial charge in [-0.1, -0.05) is 17.4 Å². The highest BCUT2D eigenvalue weighted by atomic mass is 32.1. The number of hydrogen-bond acceptors (Lipinski definition) is 6. The van der Waals surface area contributed by atoms with E-state index in [1.165, 1.54) is 29.7 Å². The average molecular weight is 411 g/mol. The third kappa shape index (κ3) is 4.48. The van der Waals surface area contributed by atoms with Crippen molar-refractivity contribution in [3.63, 3.8) is 0 Å². The van der Waals surface area contributed by atoms with Gasteiger partial charge in [-0.3, -0.25) is 14.8 Å². The number of carbonyl (C=O) groups excluding carboxylic acids is 1. The molecule has 1 amide bonds. The fourth-order valence-corrected chi connectivity index (χ4v) is 4.45. The summed E-state index contributed by atoms with van der Waals surface area (Å²) >= 11 is 1.41. The first-order valence-electron chi connectivity index (χ1n) is 10.00. The lowest BCUT2D eigenvalue weighted by molar-refractivity contribution is 0.102. The van der Waals surface area contributed by atoms with E-state index in [2.05, 4.69) is 38.5 Å². The molecule has 1 aliphatic rings. The molecule has 0 bridgehead atoms. The van der Waals surface area contributed by atoms with Crippen molar-refractivity contribution in [2.75, 3.05) is 23.3 Å². The molecule has 4 rings (SSSR count). The van der Waals surface area contributed by atoms with E-state index in [1.807, 2.05) is 36.7 Å². The van der Waals surface area contributed by atoms with Gasteiger partial charge in [0.15, 0.2) is 0 Å². The number of aromatic nitrogens is 4. The van der Waals surface area contributed by atoms with Gasteiger partial charge in [0.05, 0.1) is 5.69 Å². The van der Waals surface area contributed by atoms with Crippen LogP contribution < -0.4 is 10.2 Å². The minimum absolute atomic E-state index is 0.147. The number of carbonyl (C=O) groups is 1. The van der Waals surface area contributed by atoms with Crippen molar-refractivity contribution in [1.82, 2.24) is 20.0 Å². The molecule has 1 aliphatic heterocycles. The van der Waals surface area contributed by atoms with E-state index in [9.17, 15) is 4.79 Å². The summed E-state index contributed by atoms with van der Waals surface area (Å²) < 4.78 is 1.97. The number of hydrogen-bond donors (Lipinski definition) is 1. The molecule has 3 aromatic rings. The van der Waals surface area contributed by atoms with Gasteiger partial charge in [0, 0.05) is 43.0 Å². The molecule has 0 saturated carbocycles. The van der Waals surface area contributed by atoms with E-state index in [0.717, 1.165) is 48.1 Å². The van der Waals surface area contributed by atoms with E-state index in [0.29, 0.717) is 10.7 Å². The number of nitrogens with zero attached hydrogens (tertiary/aromatic N) is 5. The molecular formula is C21H26N6OS. The summed E-state index contributed by atoms with van der Waals surface area (Å²) in [5.41, 5.74) is 5.15. The van der Waals surface area contributed by atoms with E-state index < -0.39 is 0 Å². The molecule has 1 N–H and O–H groups in total. The molecule has 2 aromatic heterocycles. The van der Waals surface area contributed by atoms with Gasteiger partial charge in [0.1, 0.15) is 5.01 Å². The van der Waals surface area contributed by atoms with Gasteiger partial charge in [0.25, 0.3) is 5.91 Å². The number of nitrogens with one attached hydrogen (secondary N) is 1. The van der Waals surface area contributed by atoms with Crippen LogP contribution in [0.5, 0.6) is 0 Å². The molecular weight excluding hydrogens is 384 g/mol. The summed E-state index contributed by atoms with van der Waals surface area (Å²) in [7, 11) is 0. The number of anilines is 2. The highest BCUT2D eigenvalue weighted by Gasteiger charge is 2.17. The zero-order chi connectivity index (χ0) is 20.4. The lowest BCUT2D eigenvalue weighted by Crippen LogP contribution is -2.20. The van der Waals surface area contributed by atoms with Gasteiger partial charge in [-0.2, -0.15) is 5.10 Å². The van der Waals surface area contributed by atoms with Crippen molar-refractivity contribution in [3.05, 3.63) is 51.8 Å².